The van der Waals surface area contributed by atoms with Gasteiger partial charge < -0.3 is 5.11 Å². The van der Waals surface area contributed by atoms with Crippen LogP contribution in [0.15, 0.2) is 36.9 Å². The molecule has 0 atom stereocenters. The first-order chi connectivity index (χ1) is 10.3. The molecule has 1 saturated carbocycles. The van der Waals surface area contributed by atoms with Crippen molar-refractivity contribution in [1.29, 1.82) is 0 Å². The first kappa shape index (κ1) is 16.6. The average molecular weight is 300 g/mol. The lowest BCUT2D eigenvalue weighted by Gasteiger charge is -2.40. The molecule has 0 aliphatic heterocycles. The van der Waals surface area contributed by atoms with Crippen LogP contribution in [0.25, 0.3) is 0 Å². The summed E-state index contributed by atoms with van der Waals surface area (Å²) in [7, 11) is 0. The van der Waals surface area contributed by atoms with E-state index in [0.29, 0.717) is 25.7 Å². The summed E-state index contributed by atoms with van der Waals surface area (Å²) in [6, 6.07) is 7.44. The molecular weight excluding hydrogens is 276 g/mol. The molecular formula is C19H24O3. The van der Waals surface area contributed by atoms with E-state index in [0.717, 1.165) is 11.1 Å². The van der Waals surface area contributed by atoms with Crippen molar-refractivity contribution >= 4 is 11.6 Å². The normalized spacial score (nSPS) is 20.0. The van der Waals surface area contributed by atoms with Gasteiger partial charge in [0.1, 0.15) is 11.6 Å². The third kappa shape index (κ3) is 3.05. The molecule has 1 aliphatic rings. The van der Waals surface area contributed by atoms with Gasteiger partial charge >= 0.3 is 0 Å². The molecule has 1 aliphatic carbocycles. The zero-order valence-corrected chi connectivity index (χ0v) is 13.4. The first-order valence-corrected chi connectivity index (χ1v) is 7.70. The average Bonchev–Trinajstić information content (AvgIpc) is 2.44. The highest BCUT2D eigenvalue weighted by Gasteiger charge is 2.50. The monoisotopic (exact) mass is 300 g/mol. The van der Waals surface area contributed by atoms with Gasteiger partial charge in [-0.15, -0.1) is 6.58 Å². The number of benzene rings is 1. The zero-order valence-electron chi connectivity index (χ0n) is 13.4. The van der Waals surface area contributed by atoms with E-state index >= 15 is 0 Å². The summed E-state index contributed by atoms with van der Waals surface area (Å²) in [5.41, 5.74) is 0.363. The number of hydrogen-bond acceptors (Lipinski definition) is 3. The molecule has 2 rings (SSSR count). The molecule has 3 heteroatoms. The molecule has 0 amide bonds. The van der Waals surface area contributed by atoms with E-state index in [1.165, 1.54) is 0 Å². The molecule has 0 heterocycles. The summed E-state index contributed by atoms with van der Waals surface area (Å²) in [5.74, 6) is 0.00258. The highest BCUT2D eigenvalue weighted by molar-refractivity contribution is 6.10. The Bertz CT molecular complexity index is 578. The second kappa shape index (κ2) is 6.17. The van der Waals surface area contributed by atoms with Gasteiger partial charge in [0, 0.05) is 12.8 Å². The van der Waals surface area contributed by atoms with Crippen molar-refractivity contribution in [1.82, 2.24) is 0 Å². The van der Waals surface area contributed by atoms with E-state index in [1.54, 1.807) is 6.08 Å². The van der Waals surface area contributed by atoms with Crippen LogP contribution in [0.3, 0.4) is 0 Å². The fourth-order valence-corrected chi connectivity index (χ4v) is 3.38. The summed E-state index contributed by atoms with van der Waals surface area (Å²) in [5, 5.41) is 9.49. The van der Waals surface area contributed by atoms with E-state index in [-0.39, 0.29) is 23.6 Å². The highest BCUT2D eigenvalue weighted by Crippen LogP contribution is 2.44. The van der Waals surface area contributed by atoms with E-state index in [2.05, 4.69) is 6.58 Å². The van der Waals surface area contributed by atoms with Crippen molar-refractivity contribution < 1.29 is 14.7 Å². The first-order valence-electron chi connectivity index (χ1n) is 7.70. The van der Waals surface area contributed by atoms with Gasteiger partial charge in [-0.2, -0.15) is 0 Å². The minimum Gasteiger partial charge on any atom is -0.392 e. The summed E-state index contributed by atoms with van der Waals surface area (Å²) in [4.78, 5) is 25.6. The molecule has 0 radical (unpaired) electrons. The quantitative estimate of drug-likeness (QED) is 0.671. The molecule has 0 bridgehead atoms. The van der Waals surface area contributed by atoms with Crippen molar-refractivity contribution in [2.24, 2.45) is 10.8 Å². The van der Waals surface area contributed by atoms with Crippen LogP contribution in [-0.2, 0) is 22.6 Å². The zero-order chi connectivity index (χ0) is 16.4. The van der Waals surface area contributed by atoms with Crippen molar-refractivity contribution in [2.75, 3.05) is 0 Å². The molecule has 0 unspecified atom stereocenters. The Kier molecular flexibility index (Phi) is 4.66. The van der Waals surface area contributed by atoms with Gasteiger partial charge in [0.25, 0.3) is 0 Å². The highest BCUT2D eigenvalue weighted by atomic mass is 16.3. The van der Waals surface area contributed by atoms with Gasteiger partial charge in [-0.05, 0) is 29.4 Å². The van der Waals surface area contributed by atoms with E-state index in [4.69, 9.17) is 0 Å². The van der Waals surface area contributed by atoms with Gasteiger partial charge in [-0.3, -0.25) is 9.59 Å². The summed E-state index contributed by atoms with van der Waals surface area (Å²) in [6.45, 7) is 7.57. The number of hydrogen-bond donors (Lipinski definition) is 1. The predicted octanol–water partition coefficient (Wildman–Crippen LogP) is 3.24. The van der Waals surface area contributed by atoms with Gasteiger partial charge in [-0.25, -0.2) is 0 Å². The molecule has 0 aromatic heterocycles. The van der Waals surface area contributed by atoms with Crippen molar-refractivity contribution in [3.8, 4) is 0 Å². The van der Waals surface area contributed by atoms with Gasteiger partial charge in [0.15, 0.2) is 0 Å². The lowest BCUT2D eigenvalue weighted by Crippen LogP contribution is -2.49. The predicted molar refractivity (Wildman–Crippen MR) is 86.3 cm³/mol. The Labute approximate surface area is 132 Å². The number of Topliss-reactive ketones (excluding diaryl/α,β-unsaturated/α-hetero) is 2. The molecule has 118 valence electrons. The van der Waals surface area contributed by atoms with Crippen LogP contribution >= 0.6 is 0 Å². The van der Waals surface area contributed by atoms with Crippen LogP contribution in [0.1, 0.15) is 44.2 Å². The Morgan fingerprint density at radius 2 is 1.68 bits per heavy atom. The molecule has 1 N–H and O–H groups in total. The van der Waals surface area contributed by atoms with E-state index in [1.807, 2.05) is 38.1 Å². The molecule has 0 spiro atoms. The number of ketones is 2. The maximum absolute atomic E-state index is 12.8. The van der Waals surface area contributed by atoms with Gasteiger partial charge in [-0.1, -0.05) is 44.2 Å². The third-order valence-corrected chi connectivity index (χ3v) is 4.62. The number of carbonyl (C=O) groups excluding carboxylic acids is 2. The Morgan fingerprint density at radius 3 is 2.18 bits per heavy atom. The largest absolute Gasteiger partial charge is 0.392 e. The van der Waals surface area contributed by atoms with Crippen LogP contribution in [0.2, 0.25) is 0 Å². The molecule has 3 nitrogen and oxygen atoms in total. The SMILES string of the molecule is C=CCC1(Cc2ccccc2CO)C(=O)CC(C)(C)CC1=O. The smallest absolute Gasteiger partial charge is 0.147 e. The lowest BCUT2D eigenvalue weighted by molar-refractivity contribution is -0.148. The molecule has 1 aromatic rings. The van der Waals surface area contributed by atoms with E-state index in [9.17, 15) is 14.7 Å². The second-order valence-corrected chi connectivity index (χ2v) is 7.04. The van der Waals surface area contributed by atoms with Crippen molar-refractivity contribution in [3.63, 3.8) is 0 Å². The minimum absolute atomic E-state index is 0.00129. The summed E-state index contributed by atoms with van der Waals surface area (Å²) >= 11 is 0. The number of allylic oxidation sites excluding steroid dienone is 1. The third-order valence-electron chi connectivity index (χ3n) is 4.62. The molecule has 22 heavy (non-hydrogen) atoms. The van der Waals surface area contributed by atoms with Crippen LogP contribution in [0.5, 0.6) is 0 Å². The van der Waals surface area contributed by atoms with Crippen LogP contribution in [0.4, 0.5) is 0 Å². The number of aliphatic hydroxyl groups is 1. The number of rotatable bonds is 5. The van der Waals surface area contributed by atoms with Gasteiger partial charge in [0.05, 0.1) is 12.0 Å². The molecule has 0 saturated heterocycles. The van der Waals surface area contributed by atoms with Crippen molar-refractivity contribution in [3.05, 3.63) is 48.0 Å². The van der Waals surface area contributed by atoms with Gasteiger partial charge in [0.2, 0.25) is 0 Å². The summed E-state index contributed by atoms with van der Waals surface area (Å²) < 4.78 is 0. The molecule has 1 fully saturated rings. The Morgan fingerprint density at radius 1 is 1.14 bits per heavy atom. The molecule has 1 aromatic carbocycles. The van der Waals surface area contributed by atoms with Crippen molar-refractivity contribution in [2.45, 2.75) is 46.1 Å². The fraction of sp³-hybridized carbons (Fsp3) is 0.474. The van der Waals surface area contributed by atoms with Crippen LogP contribution in [-0.4, -0.2) is 16.7 Å². The standard InChI is InChI=1S/C19H24O3/c1-4-9-19(10-14-7-5-6-8-15(14)13-20)16(21)11-18(2,3)12-17(19)22/h4-8,20H,1,9-13H2,2-3H3. The fourth-order valence-electron chi connectivity index (χ4n) is 3.38. The maximum atomic E-state index is 12.8. The number of aliphatic hydroxyl groups excluding tert-OH is 1. The topological polar surface area (TPSA) is 54.4 Å². The summed E-state index contributed by atoms with van der Waals surface area (Å²) in [6.07, 6.45) is 3.20. The Hall–Kier alpha value is -1.74. The van der Waals surface area contributed by atoms with E-state index < -0.39 is 5.41 Å². The minimum atomic E-state index is -1.01. The van der Waals surface area contributed by atoms with Crippen LogP contribution in [0, 0.1) is 10.8 Å². The maximum Gasteiger partial charge on any atom is 0.147 e. The second-order valence-electron chi connectivity index (χ2n) is 7.04. The van der Waals surface area contributed by atoms with Crippen LogP contribution < -0.4 is 0 Å². The number of carbonyl (C=O) groups is 2. The Balaban J connectivity index is 2.43. The lowest BCUT2D eigenvalue weighted by atomic mass is 9.60.